The van der Waals surface area contributed by atoms with E-state index in [1.54, 1.807) is 25.1 Å². The van der Waals surface area contributed by atoms with Crippen molar-refractivity contribution in [1.82, 2.24) is 0 Å². The first-order valence-electron chi connectivity index (χ1n) is 5.49. The Morgan fingerprint density at radius 2 is 2.00 bits per heavy atom. The molecule has 1 amide bonds. The molecule has 5 heteroatoms. The van der Waals surface area contributed by atoms with Gasteiger partial charge in [-0.25, -0.2) is 4.39 Å². The van der Waals surface area contributed by atoms with Gasteiger partial charge in [0.25, 0.3) is 5.91 Å². The summed E-state index contributed by atoms with van der Waals surface area (Å²) in [6.07, 6.45) is 0. The number of carbonyl (C=O) groups is 1. The summed E-state index contributed by atoms with van der Waals surface area (Å²) in [5.74, 6) is -0.875. The van der Waals surface area contributed by atoms with Gasteiger partial charge in [0.2, 0.25) is 0 Å². The lowest BCUT2D eigenvalue weighted by Gasteiger charge is -2.08. The van der Waals surface area contributed by atoms with Crippen molar-refractivity contribution < 1.29 is 9.18 Å². The van der Waals surface area contributed by atoms with Gasteiger partial charge in [0.15, 0.2) is 0 Å². The molecule has 0 aromatic heterocycles. The average molecular weight is 343 g/mol. The Morgan fingerprint density at radius 1 is 1.26 bits per heavy atom. The van der Waals surface area contributed by atoms with Gasteiger partial charge in [0.1, 0.15) is 5.82 Å². The molecule has 2 nitrogen and oxygen atoms in total. The first-order chi connectivity index (χ1) is 8.95. The van der Waals surface area contributed by atoms with Crippen LogP contribution in [0.5, 0.6) is 0 Å². The zero-order chi connectivity index (χ0) is 14.0. The third kappa shape index (κ3) is 3.55. The number of aryl methyl sites for hydroxylation is 1. The molecule has 0 unspecified atom stereocenters. The zero-order valence-corrected chi connectivity index (χ0v) is 12.3. The number of anilines is 1. The van der Waals surface area contributed by atoms with Crippen LogP contribution in [0.25, 0.3) is 0 Å². The van der Waals surface area contributed by atoms with E-state index in [1.807, 2.05) is 0 Å². The Morgan fingerprint density at radius 3 is 2.63 bits per heavy atom. The number of amides is 1. The van der Waals surface area contributed by atoms with Crippen LogP contribution in [0.3, 0.4) is 0 Å². The molecule has 0 heterocycles. The first kappa shape index (κ1) is 14.0. The molecule has 19 heavy (non-hydrogen) atoms. The summed E-state index contributed by atoms with van der Waals surface area (Å²) in [6.45, 7) is 1.78. The minimum absolute atomic E-state index is 0.145. The highest BCUT2D eigenvalue weighted by molar-refractivity contribution is 9.10. The van der Waals surface area contributed by atoms with Crippen LogP contribution in [0.1, 0.15) is 15.9 Å². The molecular formula is C14H10BrClFNO. The highest BCUT2D eigenvalue weighted by atomic mass is 79.9. The largest absolute Gasteiger partial charge is 0.319 e. The number of halogens is 3. The normalized spacial score (nSPS) is 10.3. The Balaban J connectivity index is 2.25. The van der Waals surface area contributed by atoms with E-state index in [9.17, 15) is 9.18 Å². The van der Waals surface area contributed by atoms with Crippen molar-refractivity contribution in [3.63, 3.8) is 0 Å². The average Bonchev–Trinajstić information content (AvgIpc) is 2.31. The molecule has 0 aliphatic heterocycles. The number of rotatable bonds is 2. The van der Waals surface area contributed by atoms with E-state index < -0.39 is 11.7 Å². The Bertz CT molecular complexity index is 625. The van der Waals surface area contributed by atoms with Crippen molar-refractivity contribution >= 4 is 39.1 Å². The number of hydrogen-bond acceptors (Lipinski definition) is 1. The highest BCUT2D eigenvalue weighted by Crippen LogP contribution is 2.21. The molecule has 0 radical (unpaired) electrons. The summed E-state index contributed by atoms with van der Waals surface area (Å²) in [6, 6.07) is 9.43. The summed E-state index contributed by atoms with van der Waals surface area (Å²) in [5.41, 5.74) is 1.30. The molecule has 1 N–H and O–H groups in total. The maximum absolute atomic E-state index is 13.6. The van der Waals surface area contributed by atoms with Crippen molar-refractivity contribution in [1.29, 1.82) is 0 Å². The second-order valence-corrected chi connectivity index (χ2v) is 5.45. The zero-order valence-electron chi connectivity index (χ0n) is 10.0. The maximum atomic E-state index is 13.6. The van der Waals surface area contributed by atoms with E-state index in [0.717, 1.165) is 5.56 Å². The molecule has 0 saturated heterocycles. The molecule has 0 aliphatic carbocycles. The second kappa shape index (κ2) is 5.72. The number of carbonyl (C=O) groups excluding carboxylic acids is 1. The third-order valence-electron chi connectivity index (χ3n) is 2.50. The maximum Gasteiger partial charge on any atom is 0.255 e. The van der Waals surface area contributed by atoms with Crippen LogP contribution in [0.15, 0.2) is 40.9 Å². The lowest BCUT2D eigenvalue weighted by atomic mass is 10.2. The SMILES string of the molecule is Cc1ccc(NC(=O)c2cc(Cl)cc(Br)c2)c(F)c1. The van der Waals surface area contributed by atoms with Crippen LogP contribution in [0, 0.1) is 12.7 Å². The lowest BCUT2D eigenvalue weighted by Crippen LogP contribution is -2.13. The monoisotopic (exact) mass is 341 g/mol. The standard InChI is InChI=1S/C14H10BrClFNO/c1-8-2-3-13(12(17)4-8)18-14(19)9-5-10(15)7-11(16)6-9/h2-7H,1H3,(H,18,19). The van der Waals surface area contributed by atoms with Crippen LogP contribution in [-0.4, -0.2) is 5.91 Å². The van der Waals surface area contributed by atoms with Gasteiger partial charge < -0.3 is 5.32 Å². The van der Waals surface area contributed by atoms with Crippen LogP contribution < -0.4 is 5.32 Å². The van der Waals surface area contributed by atoms with Gasteiger partial charge in [-0.1, -0.05) is 33.6 Å². The van der Waals surface area contributed by atoms with Gasteiger partial charge in [-0.2, -0.15) is 0 Å². The van der Waals surface area contributed by atoms with E-state index in [2.05, 4.69) is 21.2 Å². The molecule has 0 bridgehead atoms. The molecule has 0 aliphatic rings. The van der Waals surface area contributed by atoms with Gasteiger partial charge in [0.05, 0.1) is 5.69 Å². The summed E-state index contributed by atoms with van der Waals surface area (Å²) in [5, 5.41) is 2.95. The molecule has 98 valence electrons. The molecular weight excluding hydrogens is 333 g/mol. The van der Waals surface area contributed by atoms with Crippen LogP contribution in [0.2, 0.25) is 5.02 Å². The van der Waals surface area contributed by atoms with E-state index in [0.29, 0.717) is 15.1 Å². The Hall–Kier alpha value is -1.39. The smallest absolute Gasteiger partial charge is 0.255 e. The molecule has 2 aromatic carbocycles. The second-order valence-electron chi connectivity index (χ2n) is 4.10. The molecule has 2 rings (SSSR count). The van der Waals surface area contributed by atoms with Gasteiger partial charge in [-0.05, 0) is 42.8 Å². The van der Waals surface area contributed by atoms with E-state index in [-0.39, 0.29) is 5.69 Å². The fourth-order valence-electron chi connectivity index (χ4n) is 1.60. The summed E-state index contributed by atoms with van der Waals surface area (Å²) >= 11 is 9.12. The summed E-state index contributed by atoms with van der Waals surface area (Å²) in [7, 11) is 0. The summed E-state index contributed by atoms with van der Waals surface area (Å²) < 4.78 is 14.3. The van der Waals surface area contributed by atoms with E-state index in [4.69, 9.17) is 11.6 Å². The van der Waals surface area contributed by atoms with Crippen molar-refractivity contribution in [2.75, 3.05) is 5.32 Å². The van der Waals surface area contributed by atoms with Gasteiger partial charge in [-0.15, -0.1) is 0 Å². The van der Waals surface area contributed by atoms with E-state index in [1.165, 1.54) is 18.2 Å². The quantitative estimate of drug-likeness (QED) is 0.834. The summed E-state index contributed by atoms with van der Waals surface area (Å²) in [4.78, 5) is 12.0. The predicted molar refractivity (Wildman–Crippen MR) is 78.2 cm³/mol. The van der Waals surface area contributed by atoms with Crippen molar-refractivity contribution in [2.45, 2.75) is 6.92 Å². The molecule has 0 atom stereocenters. The minimum atomic E-state index is -0.463. The lowest BCUT2D eigenvalue weighted by molar-refractivity contribution is 0.102. The minimum Gasteiger partial charge on any atom is -0.319 e. The van der Waals surface area contributed by atoms with Crippen LogP contribution >= 0.6 is 27.5 Å². The third-order valence-corrected chi connectivity index (χ3v) is 3.17. The van der Waals surface area contributed by atoms with Crippen LogP contribution in [-0.2, 0) is 0 Å². The molecule has 0 spiro atoms. The van der Waals surface area contributed by atoms with Crippen molar-refractivity contribution in [3.8, 4) is 0 Å². The fourth-order valence-corrected chi connectivity index (χ4v) is 2.46. The number of hydrogen-bond donors (Lipinski definition) is 1. The Kier molecular flexibility index (Phi) is 4.22. The number of benzene rings is 2. The topological polar surface area (TPSA) is 29.1 Å². The molecule has 0 saturated carbocycles. The van der Waals surface area contributed by atoms with Crippen molar-refractivity contribution in [2.24, 2.45) is 0 Å². The van der Waals surface area contributed by atoms with Gasteiger partial charge in [0, 0.05) is 15.1 Å². The fraction of sp³-hybridized carbons (Fsp3) is 0.0714. The predicted octanol–water partition coefficient (Wildman–Crippen LogP) is 4.80. The molecule has 2 aromatic rings. The first-order valence-corrected chi connectivity index (χ1v) is 6.66. The van der Waals surface area contributed by atoms with Crippen molar-refractivity contribution in [3.05, 3.63) is 62.8 Å². The van der Waals surface area contributed by atoms with E-state index >= 15 is 0 Å². The number of nitrogens with one attached hydrogen (secondary N) is 1. The highest BCUT2D eigenvalue weighted by Gasteiger charge is 2.10. The van der Waals surface area contributed by atoms with Gasteiger partial charge in [-0.3, -0.25) is 4.79 Å². The Labute approximate surface area is 123 Å². The van der Waals surface area contributed by atoms with Crippen LogP contribution in [0.4, 0.5) is 10.1 Å². The van der Waals surface area contributed by atoms with Gasteiger partial charge >= 0.3 is 0 Å². The molecule has 0 fully saturated rings.